The van der Waals surface area contributed by atoms with Crippen molar-refractivity contribution in [1.29, 1.82) is 0 Å². The van der Waals surface area contributed by atoms with Crippen molar-refractivity contribution in [1.82, 2.24) is 9.78 Å². The van der Waals surface area contributed by atoms with E-state index in [0.29, 0.717) is 6.61 Å². The summed E-state index contributed by atoms with van der Waals surface area (Å²) in [4.78, 5) is 0. The van der Waals surface area contributed by atoms with Crippen molar-refractivity contribution in [2.24, 2.45) is 0 Å². The van der Waals surface area contributed by atoms with Crippen LogP contribution in [0, 0.1) is 6.92 Å². The van der Waals surface area contributed by atoms with Crippen molar-refractivity contribution in [2.45, 2.75) is 19.9 Å². The average molecular weight is 169 g/mol. The van der Waals surface area contributed by atoms with Gasteiger partial charge in [-0.15, -0.1) is 0 Å². The fraction of sp³-hybridized carbons (Fsp3) is 0.625. The van der Waals surface area contributed by atoms with Crippen molar-refractivity contribution < 1.29 is 4.74 Å². The topological polar surface area (TPSA) is 53.1 Å². The van der Waals surface area contributed by atoms with Crippen LogP contribution in [0.2, 0.25) is 0 Å². The number of hydrogen-bond donors (Lipinski definition) is 1. The molecule has 0 aliphatic carbocycles. The molecule has 0 aromatic carbocycles. The normalized spacial score (nSPS) is 13.2. The molecule has 1 rings (SSSR count). The molecule has 2 N–H and O–H groups in total. The van der Waals surface area contributed by atoms with Crippen LogP contribution in [-0.4, -0.2) is 23.5 Å². The van der Waals surface area contributed by atoms with Crippen molar-refractivity contribution in [2.75, 3.05) is 19.5 Å². The molecule has 0 unspecified atom stereocenters. The van der Waals surface area contributed by atoms with Crippen molar-refractivity contribution in [3.63, 3.8) is 0 Å². The zero-order valence-corrected chi connectivity index (χ0v) is 7.74. The molecule has 0 fully saturated rings. The Morgan fingerprint density at radius 2 is 2.42 bits per heavy atom. The molecular formula is C8H15N3O. The number of nitrogens with zero attached hydrogens (tertiary/aromatic N) is 2. The molecule has 68 valence electrons. The Hall–Kier alpha value is -1.03. The maximum atomic E-state index is 5.65. The summed E-state index contributed by atoms with van der Waals surface area (Å²) >= 11 is 0. The molecule has 4 nitrogen and oxygen atoms in total. The van der Waals surface area contributed by atoms with Crippen LogP contribution < -0.4 is 5.73 Å². The minimum absolute atomic E-state index is 0.242. The molecule has 0 spiro atoms. The van der Waals surface area contributed by atoms with Gasteiger partial charge in [-0.2, -0.15) is 5.10 Å². The number of hydrogen-bond acceptors (Lipinski definition) is 3. The Bertz CT molecular complexity index is 237. The first-order valence-corrected chi connectivity index (χ1v) is 3.95. The number of aromatic nitrogens is 2. The standard InChI is InChI=1S/C8H15N3O/c1-6(5-12-3)11-4-8(9)7(2)10-11/h4,6H,5,9H2,1-3H3/t6-/m0/s1. The van der Waals surface area contributed by atoms with E-state index in [2.05, 4.69) is 5.10 Å². The third kappa shape index (κ3) is 1.76. The van der Waals surface area contributed by atoms with E-state index in [9.17, 15) is 0 Å². The number of ether oxygens (including phenoxy) is 1. The van der Waals surface area contributed by atoms with Crippen molar-refractivity contribution >= 4 is 5.69 Å². The van der Waals surface area contributed by atoms with Crippen LogP contribution in [0.3, 0.4) is 0 Å². The Kier molecular flexibility index (Phi) is 2.70. The zero-order chi connectivity index (χ0) is 9.14. The average Bonchev–Trinajstić information content (AvgIpc) is 2.33. The first-order chi connectivity index (χ1) is 5.65. The van der Waals surface area contributed by atoms with Crippen LogP contribution >= 0.6 is 0 Å². The molecule has 4 heteroatoms. The number of methoxy groups -OCH3 is 1. The highest BCUT2D eigenvalue weighted by atomic mass is 16.5. The van der Waals surface area contributed by atoms with E-state index in [-0.39, 0.29) is 6.04 Å². The highest BCUT2D eigenvalue weighted by Crippen LogP contribution is 2.11. The molecule has 0 amide bonds. The molecule has 0 aliphatic heterocycles. The molecule has 1 aromatic heterocycles. The Balaban J connectivity index is 2.74. The van der Waals surface area contributed by atoms with Gasteiger partial charge in [-0.05, 0) is 13.8 Å². The van der Waals surface area contributed by atoms with Gasteiger partial charge in [0.2, 0.25) is 0 Å². The van der Waals surface area contributed by atoms with Gasteiger partial charge in [-0.25, -0.2) is 0 Å². The van der Waals surface area contributed by atoms with Gasteiger partial charge in [0.15, 0.2) is 0 Å². The lowest BCUT2D eigenvalue weighted by Crippen LogP contribution is -2.11. The number of aryl methyl sites for hydroxylation is 1. The summed E-state index contributed by atoms with van der Waals surface area (Å²) < 4.78 is 6.83. The van der Waals surface area contributed by atoms with Gasteiger partial charge in [-0.1, -0.05) is 0 Å². The fourth-order valence-electron chi connectivity index (χ4n) is 1.04. The highest BCUT2D eigenvalue weighted by molar-refractivity contribution is 5.39. The smallest absolute Gasteiger partial charge is 0.0823 e. The number of anilines is 1. The summed E-state index contributed by atoms with van der Waals surface area (Å²) in [5, 5.41) is 4.24. The van der Waals surface area contributed by atoms with E-state index in [1.807, 2.05) is 24.7 Å². The third-order valence-electron chi connectivity index (χ3n) is 1.81. The predicted molar refractivity (Wildman–Crippen MR) is 48.0 cm³/mol. The summed E-state index contributed by atoms with van der Waals surface area (Å²) in [5.41, 5.74) is 7.26. The minimum atomic E-state index is 0.242. The predicted octanol–water partition coefficient (Wildman–Crippen LogP) is 0.981. The van der Waals surface area contributed by atoms with Crippen LogP contribution in [-0.2, 0) is 4.74 Å². The van der Waals surface area contributed by atoms with E-state index in [4.69, 9.17) is 10.5 Å². The Labute approximate surface area is 72.3 Å². The van der Waals surface area contributed by atoms with Gasteiger partial charge < -0.3 is 10.5 Å². The zero-order valence-electron chi connectivity index (χ0n) is 7.74. The van der Waals surface area contributed by atoms with E-state index in [1.54, 1.807) is 7.11 Å². The first kappa shape index (κ1) is 9.06. The first-order valence-electron chi connectivity index (χ1n) is 3.95. The van der Waals surface area contributed by atoms with Crippen LogP contribution in [0.5, 0.6) is 0 Å². The molecule has 1 heterocycles. The van der Waals surface area contributed by atoms with Gasteiger partial charge in [-0.3, -0.25) is 4.68 Å². The quantitative estimate of drug-likeness (QED) is 0.733. The van der Waals surface area contributed by atoms with E-state index < -0.39 is 0 Å². The monoisotopic (exact) mass is 169 g/mol. The number of rotatable bonds is 3. The SMILES string of the molecule is COC[C@H](C)n1cc(N)c(C)n1. The van der Waals surface area contributed by atoms with Crippen LogP contribution in [0.25, 0.3) is 0 Å². The van der Waals surface area contributed by atoms with E-state index in [0.717, 1.165) is 11.4 Å². The van der Waals surface area contributed by atoms with Crippen LogP contribution in [0.4, 0.5) is 5.69 Å². The number of nitrogens with two attached hydrogens (primary N) is 1. The molecule has 1 aromatic rings. The molecule has 0 aliphatic rings. The molecule has 0 radical (unpaired) electrons. The molecule has 12 heavy (non-hydrogen) atoms. The molecule has 0 saturated carbocycles. The lowest BCUT2D eigenvalue weighted by atomic mass is 10.4. The Morgan fingerprint density at radius 3 is 2.83 bits per heavy atom. The van der Waals surface area contributed by atoms with Crippen molar-refractivity contribution in [3.8, 4) is 0 Å². The maximum Gasteiger partial charge on any atom is 0.0823 e. The highest BCUT2D eigenvalue weighted by Gasteiger charge is 2.07. The van der Waals surface area contributed by atoms with Gasteiger partial charge in [0.05, 0.1) is 24.0 Å². The van der Waals surface area contributed by atoms with Gasteiger partial charge in [0.25, 0.3) is 0 Å². The van der Waals surface area contributed by atoms with Crippen LogP contribution in [0.1, 0.15) is 18.7 Å². The van der Waals surface area contributed by atoms with Gasteiger partial charge in [0, 0.05) is 13.3 Å². The second-order valence-corrected chi connectivity index (χ2v) is 2.95. The summed E-state index contributed by atoms with van der Waals surface area (Å²) in [6.45, 7) is 4.58. The van der Waals surface area contributed by atoms with Crippen LogP contribution in [0.15, 0.2) is 6.20 Å². The summed E-state index contributed by atoms with van der Waals surface area (Å²) in [6.07, 6.45) is 1.83. The third-order valence-corrected chi connectivity index (χ3v) is 1.81. The fourth-order valence-corrected chi connectivity index (χ4v) is 1.04. The molecule has 0 bridgehead atoms. The van der Waals surface area contributed by atoms with Gasteiger partial charge >= 0.3 is 0 Å². The lowest BCUT2D eigenvalue weighted by molar-refractivity contribution is 0.157. The second-order valence-electron chi connectivity index (χ2n) is 2.95. The molecular weight excluding hydrogens is 154 g/mol. The van der Waals surface area contributed by atoms with Crippen molar-refractivity contribution in [3.05, 3.63) is 11.9 Å². The maximum absolute atomic E-state index is 5.65. The minimum Gasteiger partial charge on any atom is -0.396 e. The molecule has 0 saturated heterocycles. The summed E-state index contributed by atoms with van der Waals surface area (Å²) in [6, 6.07) is 0.242. The van der Waals surface area contributed by atoms with E-state index in [1.165, 1.54) is 0 Å². The van der Waals surface area contributed by atoms with E-state index >= 15 is 0 Å². The Morgan fingerprint density at radius 1 is 1.75 bits per heavy atom. The molecule has 1 atom stereocenters. The van der Waals surface area contributed by atoms with Gasteiger partial charge in [0.1, 0.15) is 0 Å². The summed E-state index contributed by atoms with van der Waals surface area (Å²) in [7, 11) is 1.68. The number of nitrogen functional groups attached to an aromatic ring is 1. The lowest BCUT2D eigenvalue weighted by Gasteiger charge is -2.09. The largest absolute Gasteiger partial charge is 0.396 e. The summed E-state index contributed by atoms with van der Waals surface area (Å²) in [5.74, 6) is 0. The second kappa shape index (κ2) is 3.58.